The molecule has 0 amide bonds. The summed E-state index contributed by atoms with van der Waals surface area (Å²) in [6.45, 7) is 8.47. The summed E-state index contributed by atoms with van der Waals surface area (Å²) in [6, 6.07) is 0. The predicted octanol–water partition coefficient (Wildman–Crippen LogP) is 6.95. The summed E-state index contributed by atoms with van der Waals surface area (Å²) < 4.78 is 28.3. The summed E-state index contributed by atoms with van der Waals surface area (Å²) in [5.74, 6) is 0. The van der Waals surface area contributed by atoms with E-state index in [4.69, 9.17) is 18.0 Å². The van der Waals surface area contributed by atoms with Crippen molar-refractivity contribution in [3.8, 4) is 0 Å². The van der Waals surface area contributed by atoms with Crippen molar-refractivity contribution < 1.29 is 18.0 Å². The molecular weight excluding hydrogens is 562 g/mol. The van der Waals surface area contributed by atoms with Crippen LogP contribution >= 0.6 is 108 Å². The van der Waals surface area contributed by atoms with Crippen LogP contribution in [0.15, 0.2) is 0 Å². The van der Waals surface area contributed by atoms with Gasteiger partial charge in [0.15, 0.2) is 0 Å². The monoisotopic (exact) mass is 589 g/mol. The van der Waals surface area contributed by atoms with Gasteiger partial charge in [-0.1, -0.05) is 56.7 Å². The molecule has 1 aliphatic rings. The summed E-state index contributed by atoms with van der Waals surface area (Å²) in [5, 5.41) is 0. The molecule has 0 saturated carbocycles. The van der Waals surface area contributed by atoms with E-state index in [0.717, 1.165) is 0 Å². The third-order valence-corrected chi connectivity index (χ3v) is 17.2. The minimum atomic E-state index is -0.635. The fourth-order valence-electron chi connectivity index (χ4n) is 1.86. The van der Waals surface area contributed by atoms with Gasteiger partial charge < -0.3 is 18.0 Å². The van der Waals surface area contributed by atoms with E-state index in [1.165, 1.54) is 11.7 Å². The Labute approximate surface area is 187 Å². The van der Waals surface area contributed by atoms with Crippen LogP contribution in [0.2, 0.25) is 0 Å². The summed E-state index contributed by atoms with van der Waals surface area (Å²) in [5.41, 5.74) is 0. The number of ether oxygens (including phenoxy) is 1. The molecule has 0 aromatic rings. The first kappa shape index (κ1) is 28.7. The minimum Gasteiger partial charge on any atom is -0.357 e. The highest BCUT2D eigenvalue weighted by Crippen LogP contribution is 2.59. The van der Waals surface area contributed by atoms with Gasteiger partial charge >= 0.3 is 0 Å². The van der Waals surface area contributed by atoms with Crippen LogP contribution in [0.4, 0.5) is 0 Å². The number of hydrogen-bond acceptors (Lipinski definition) is 9. The molecule has 5 nitrogen and oxygen atoms in total. The van der Waals surface area contributed by atoms with E-state index < -0.39 is 14.7 Å². The van der Waals surface area contributed by atoms with Crippen molar-refractivity contribution in [2.75, 3.05) is 33.3 Å². The van der Waals surface area contributed by atoms with Crippen LogP contribution in [0.5, 0.6) is 0 Å². The minimum absolute atomic E-state index is 0.137. The van der Waals surface area contributed by atoms with Crippen LogP contribution in [0.25, 0.3) is 0 Å². The Morgan fingerprint density at radius 3 is 2.12 bits per heavy atom. The van der Waals surface area contributed by atoms with Gasteiger partial charge in [0.1, 0.15) is 24.5 Å². The van der Waals surface area contributed by atoms with E-state index in [1.807, 2.05) is 0 Å². The first-order chi connectivity index (χ1) is 12.3. The van der Waals surface area contributed by atoms with Crippen LogP contribution in [-0.4, -0.2) is 57.8 Å². The first-order valence-electron chi connectivity index (χ1n) is 7.17. The SMILES string of the molecule is CP(P)SNC1OC[C@@H](OP(C)SP)[C@@H](OP(C)SP)C1OSP(C)P. The molecule has 1 rings (SSSR count). The van der Waals surface area contributed by atoms with Crippen LogP contribution in [0.3, 0.4) is 0 Å². The molecule has 1 fully saturated rings. The number of nitrogens with one attached hydrogen (secondary N) is 1. The molecule has 12 atom stereocenters. The van der Waals surface area contributed by atoms with Crippen LogP contribution < -0.4 is 4.72 Å². The third kappa shape index (κ3) is 11.5. The van der Waals surface area contributed by atoms with Crippen molar-refractivity contribution in [3.05, 3.63) is 0 Å². The molecule has 17 heteroatoms. The molecule has 0 aromatic heterocycles. The number of hydrogen-bond donors (Lipinski definition) is 1. The maximum absolute atomic E-state index is 6.39. The lowest BCUT2D eigenvalue weighted by Gasteiger charge is -2.42. The fourth-order valence-corrected chi connectivity index (χ4v) is 8.37. The van der Waals surface area contributed by atoms with Crippen LogP contribution in [-0.2, 0) is 18.0 Å². The molecule has 1 N–H and O–H groups in total. The summed E-state index contributed by atoms with van der Waals surface area (Å²) in [6.07, 6.45) is -0.779. The lowest BCUT2D eigenvalue weighted by atomic mass is 10.1. The van der Waals surface area contributed by atoms with Crippen LogP contribution in [0.1, 0.15) is 0 Å². The molecule has 0 radical (unpaired) electrons. The van der Waals surface area contributed by atoms with E-state index >= 15 is 0 Å². The van der Waals surface area contributed by atoms with Gasteiger partial charge in [-0.05, 0) is 51.9 Å². The normalized spacial score (nSPS) is 31.4. The maximum atomic E-state index is 6.39. The smallest absolute Gasteiger partial charge is 0.147 e. The first-order valence-corrected chi connectivity index (χ1v) is 26.0. The van der Waals surface area contributed by atoms with Gasteiger partial charge in [-0.2, -0.15) is 0 Å². The van der Waals surface area contributed by atoms with Gasteiger partial charge in [-0.25, -0.2) is 4.72 Å². The Morgan fingerprint density at radius 1 is 0.962 bits per heavy atom. The third-order valence-electron chi connectivity index (χ3n) is 2.86. The molecule has 156 valence electrons. The molecular formula is C9H27NO4P8S4. The molecule has 26 heavy (non-hydrogen) atoms. The highest BCUT2D eigenvalue weighted by molar-refractivity contribution is 8.78. The Balaban J connectivity index is 2.95. The van der Waals surface area contributed by atoms with Crippen molar-refractivity contribution in [1.29, 1.82) is 0 Å². The van der Waals surface area contributed by atoms with Crippen molar-refractivity contribution in [1.82, 2.24) is 4.72 Å². The van der Waals surface area contributed by atoms with Crippen molar-refractivity contribution in [2.45, 2.75) is 24.5 Å². The summed E-state index contributed by atoms with van der Waals surface area (Å²) >= 11 is 6.50. The van der Waals surface area contributed by atoms with Gasteiger partial charge in [-0.3, -0.25) is 0 Å². The largest absolute Gasteiger partial charge is 0.357 e. The molecule has 0 spiro atoms. The topological polar surface area (TPSA) is 49.0 Å². The van der Waals surface area contributed by atoms with E-state index in [1.54, 1.807) is 33.6 Å². The Kier molecular flexibility index (Phi) is 18.0. The fraction of sp³-hybridized carbons (Fsp3) is 1.00. The second kappa shape index (κ2) is 16.3. The van der Waals surface area contributed by atoms with Gasteiger partial charge in [0.25, 0.3) is 0 Å². The van der Waals surface area contributed by atoms with E-state index in [-0.39, 0.29) is 38.2 Å². The van der Waals surface area contributed by atoms with E-state index in [0.29, 0.717) is 6.61 Å². The molecule has 0 aliphatic carbocycles. The van der Waals surface area contributed by atoms with Crippen molar-refractivity contribution >= 4 is 108 Å². The zero-order chi connectivity index (χ0) is 19.7. The lowest BCUT2D eigenvalue weighted by Crippen LogP contribution is -2.57. The van der Waals surface area contributed by atoms with Crippen LogP contribution in [0, 0.1) is 0 Å². The maximum Gasteiger partial charge on any atom is 0.147 e. The molecule has 0 aromatic carbocycles. The second-order valence-corrected chi connectivity index (χ2v) is 30.0. The second-order valence-electron chi connectivity index (χ2n) is 4.99. The Hall–Kier alpha value is 4.64. The zero-order valence-corrected chi connectivity index (χ0v) is 26.3. The van der Waals surface area contributed by atoms with Gasteiger partial charge in [0, 0.05) is 11.7 Å². The van der Waals surface area contributed by atoms with E-state index in [2.05, 4.69) is 66.1 Å². The highest BCUT2D eigenvalue weighted by Gasteiger charge is 2.45. The lowest BCUT2D eigenvalue weighted by molar-refractivity contribution is -0.156. The molecule has 1 saturated heterocycles. The van der Waals surface area contributed by atoms with Gasteiger partial charge in [0.05, 0.1) is 21.3 Å². The molecule has 1 aliphatic heterocycles. The summed E-state index contributed by atoms with van der Waals surface area (Å²) in [7, 11) is 9.77. The highest BCUT2D eigenvalue weighted by atomic mass is 33.1. The Morgan fingerprint density at radius 2 is 1.58 bits per heavy atom. The average Bonchev–Trinajstić information content (AvgIpc) is 2.59. The van der Waals surface area contributed by atoms with Crippen molar-refractivity contribution in [3.63, 3.8) is 0 Å². The predicted molar refractivity (Wildman–Crippen MR) is 148 cm³/mol. The molecule has 1 heterocycles. The van der Waals surface area contributed by atoms with Crippen molar-refractivity contribution in [2.24, 2.45) is 0 Å². The molecule has 10 unspecified atom stereocenters. The average molecular weight is 589 g/mol. The summed E-state index contributed by atoms with van der Waals surface area (Å²) in [4.78, 5) is 0. The quantitative estimate of drug-likeness (QED) is 0.148. The van der Waals surface area contributed by atoms with E-state index in [9.17, 15) is 0 Å². The van der Waals surface area contributed by atoms with Gasteiger partial charge in [0.2, 0.25) is 0 Å². The van der Waals surface area contributed by atoms with Gasteiger partial charge in [-0.15, -0.1) is 0 Å². The zero-order valence-electron chi connectivity index (χ0n) is 14.9. The standard InChI is InChI=1S/C9H27NO4P8S4/c1-19(25-17)12-6-5-11-9(10-23-21(3)15)8(14-24-22(4)16)7(6)13-20(2)26-18/h6-10H,5,15-18H2,1-4H3/t6-,7-,8?,9?,19?,20?,21?,22?/m1/s1. The number of rotatable bonds is 12. The molecule has 0 bridgehead atoms. The Bertz CT molecular complexity index is 396.